The Hall–Kier alpha value is -4.11. The van der Waals surface area contributed by atoms with Crippen LogP contribution in [-0.4, -0.2) is 17.5 Å². The molecule has 0 atom stereocenters. The second-order valence-electron chi connectivity index (χ2n) is 10.9. The van der Waals surface area contributed by atoms with Crippen molar-refractivity contribution in [2.45, 2.75) is 109 Å². The fraction of sp³-hybridized carbons (Fsp3) is 0.386. The number of Topliss-reactive ketones (excluding diaryl/α,β-unsaturated/α-hetero) is 1. The summed E-state index contributed by atoms with van der Waals surface area (Å²) in [5.41, 5.74) is 8.42. The maximum Gasteiger partial charge on any atom is 0.193 e. The fourth-order valence-corrected chi connectivity index (χ4v) is 4.29. The molecule has 0 heterocycles. The molecule has 3 heteroatoms. The highest BCUT2D eigenvalue weighted by Gasteiger charge is 2.20. The predicted octanol–water partition coefficient (Wildman–Crippen LogP) is 13.6. The van der Waals surface area contributed by atoms with E-state index in [1.807, 2.05) is 90.1 Å². The van der Waals surface area contributed by atoms with Gasteiger partial charge in [0.25, 0.3) is 0 Å². The van der Waals surface area contributed by atoms with Crippen LogP contribution >= 0.6 is 0 Å². The number of hydrogen-bond acceptors (Lipinski definition) is 3. The lowest BCUT2D eigenvalue weighted by atomic mass is 9.86. The van der Waals surface area contributed by atoms with Gasteiger partial charge < -0.3 is 9.84 Å². The molecular weight excluding hydrogens is 576 g/mol. The minimum Gasteiger partial charge on any atom is -0.508 e. The summed E-state index contributed by atoms with van der Waals surface area (Å²) in [4.78, 5) is 14.0. The SMILES string of the molecule is CC.CC.CCC.CCCC.CCCOc1ccc(C(=O)/C(=C(/C)c2ccc(C)cc2)c2ccc(-c3ccc(O)cc3)cc2C)cc1. The van der Waals surface area contributed by atoms with Crippen LogP contribution < -0.4 is 4.74 Å². The van der Waals surface area contributed by atoms with E-state index in [4.69, 9.17) is 4.74 Å². The highest BCUT2D eigenvalue weighted by atomic mass is 16.5. The number of aromatic hydroxyl groups is 1. The van der Waals surface area contributed by atoms with Crippen LogP contribution in [0, 0.1) is 13.8 Å². The smallest absolute Gasteiger partial charge is 0.193 e. The van der Waals surface area contributed by atoms with Crippen molar-refractivity contribution >= 4 is 16.9 Å². The summed E-state index contributed by atoms with van der Waals surface area (Å²) in [6.45, 7) is 25.4. The molecule has 4 rings (SSSR count). The van der Waals surface area contributed by atoms with E-state index in [2.05, 4.69) is 71.9 Å². The van der Waals surface area contributed by atoms with Crippen molar-refractivity contribution in [3.63, 3.8) is 0 Å². The third kappa shape index (κ3) is 14.5. The first-order valence-corrected chi connectivity index (χ1v) is 17.7. The lowest BCUT2D eigenvalue weighted by Gasteiger charge is -2.17. The van der Waals surface area contributed by atoms with E-state index in [-0.39, 0.29) is 11.5 Å². The Labute approximate surface area is 287 Å². The van der Waals surface area contributed by atoms with Crippen molar-refractivity contribution in [3.8, 4) is 22.6 Å². The number of aryl methyl sites for hydroxylation is 2. The molecule has 256 valence electrons. The Bertz CT molecular complexity index is 1430. The van der Waals surface area contributed by atoms with Gasteiger partial charge in [0, 0.05) is 11.1 Å². The Kier molecular flexibility index (Phi) is 22.8. The van der Waals surface area contributed by atoms with Crippen molar-refractivity contribution < 1.29 is 14.6 Å². The molecular formula is C44H62O3. The summed E-state index contributed by atoms with van der Waals surface area (Å²) in [6, 6.07) is 29.0. The fourth-order valence-electron chi connectivity index (χ4n) is 4.29. The number of hydrogen-bond donors (Lipinski definition) is 1. The van der Waals surface area contributed by atoms with Crippen LogP contribution in [0.25, 0.3) is 22.3 Å². The van der Waals surface area contributed by atoms with Crippen LogP contribution in [0.1, 0.15) is 128 Å². The van der Waals surface area contributed by atoms with Gasteiger partial charge in [-0.3, -0.25) is 4.79 Å². The molecule has 3 nitrogen and oxygen atoms in total. The van der Waals surface area contributed by atoms with Gasteiger partial charge in [-0.2, -0.15) is 0 Å². The molecule has 4 aromatic rings. The number of benzene rings is 4. The average Bonchev–Trinajstić information content (AvgIpc) is 3.11. The zero-order valence-corrected chi connectivity index (χ0v) is 31.5. The van der Waals surface area contributed by atoms with Crippen LogP contribution in [0.3, 0.4) is 0 Å². The molecule has 1 N–H and O–H groups in total. The first-order chi connectivity index (χ1) is 22.7. The van der Waals surface area contributed by atoms with Gasteiger partial charge in [-0.05, 0) is 97.0 Å². The molecule has 0 aliphatic carbocycles. The first-order valence-electron chi connectivity index (χ1n) is 17.7. The van der Waals surface area contributed by atoms with Crippen molar-refractivity contribution in [2.24, 2.45) is 0 Å². The quantitative estimate of drug-likeness (QED) is 0.113. The van der Waals surface area contributed by atoms with Gasteiger partial charge in [-0.15, -0.1) is 0 Å². The summed E-state index contributed by atoms with van der Waals surface area (Å²) in [5.74, 6) is 0.988. The minimum absolute atomic E-state index is 0.0180. The van der Waals surface area contributed by atoms with Gasteiger partial charge in [0.05, 0.1) is 6.61 Å². The summed E-state index contributed by atoms with van der Waals surface area (Å²) < 4.78 is 5.71. The molecule has 0 spiro atoms. The number of ketones is 1. The molecule has 0 unspecified atom stereocenters. The van der Waals surface area contributed by atoms with Gasteiger partial charge >= 0.3 is 0 Å². The molecule has 0 radical (unpaired) electrons. The Morgan fingerprint density at radius 3 is 1.60 bits per heavy atom. The standard InChI is InChI=1S/C33H32O3.C4H10.C3H8.2C2H6/c1-5-20-36-30-17-12-27(13-18-30)33(35)32(24(4)25-8-6-22(2)7-9-25)31-19-14-28(21-23(31)3)26-10-15-29(34)16-11-26;1-3-4-2;1-3-2;2*1-2/h6-19,21,34H,5,20H2,1-4H3;3-4H2,1-2H3;3H2,1-2H3;2*1-2H3/b32-24-;;;;. The topological polar surface area (TPSA) is 46.5 Å². The summed E-state index contributed by atoms with van der Waals surface area (Å²) in [6.07, 6.45) is 4.82. The van der Waals surface area contributed by atoms with Crippen LogP contribution in [0.5, 0.6) is 11.5 Å². The van der Waals surface area contributed by atoms with Gasteiger partial charge in [-0.25, -0.2) is 0 Å². The number of unbranched alkanes of at least 4 members (excludes halogenated alkanes) is 1. The maximum absolute atomic E-state index is 14.0. The van der Waals surface area contributed by atoms with Crippen molar-refractivity contribution in [2.75, 3.05) is 6.61 Å². The van der Waals surface area contributed by atoms with Crippen molar-refractivity contribution in [3.05, 3.63) is 119 Å². The Morgan fingerprint density at radius 1 is 0.638 bits per heavy atom. The highest BCUT2D eigenvalue weighted by molar-refractivity contribution is 6.34. The third-order valence-corrected chi connectivity index (χ3v) is 6.87. The second-order valence-corrected chi connectivity index (χ2v) is 10.9. The average molecular weight is 639 g/mol. The van der Waals surface area contributed by atoms with Gasteiger partial charge in [-0.1, -0.05) is 142 Å². The highest BCUT2D eigenvalue weighted by Crippen LogP contribution is 2.34. The second kappa shape index (κ2) is 25.0. The number of carbonyl (C=O) groups excluding carboxylic acids is 1. The van der Waals surface area contributed by atoms with E-state index in [1.165, 1.54) is 24.8 Å². The summed E-state index contributed by atoms with van der Waals surface area (Å²) >= 11 is 0. The maximum atomic E-state index is 14.0. The van der Waals surface area contributed by atoms with E-state index in [1.54, 1.807) is 12.1 Å². The molecule has 0 saturated carbocycles. The van der Waals surface area contributed by atoms with Gasteiger partial charge in [0.1, 0.15) is 11.5 Å². The lowest BCUT2D eigenvalue weighted by Crippen LogP contribution is -2.07. The Balaban J connectivity index is 0.00000170. The largest absolute Gasteiger partial charge is 0.508 e. The number of rotatable bonds is 9. The van der Waals surface area contributed by atoms with E-state index >= 15 is 0 Å². The molecule has 0 amide bonds. The van der Waals surface area contributed by atoms with Crippen LogP contribution in [-0.2, 0) is 0 Å². The molecule has 0 aromatic heterocycles. The van der Waals surface area contributed by atoms with Crippen LogP contribution in [0.15, 0.2) is 91.0 Å². The third-order valence-electron chi connectivity index (χ3n) is 6.87. The van der Waals surface area contributed by atoms with Crippen LogP contribution in [0.2, 0.25) is 0 Å². The van der Waals surface area contributed by atoms with Crippen LogP contribution in [0.4, 0.5) is 0 Å². The summed E-state index contributed by atoms with van der Waals surface area (Å²) in [7, 11) is 0. The molecule has 4 aromatic carbocycles. The van der Waals surface area contributed by atoms with E-state index in [0.717, 1.165) is 45.6 Å². The van der Waals surface area contributed by atoms with Gasteiger partial charge in [0.2, 0.25) is 0 Å². The predicted molar refractivity (Wildman–Crippen MR) is 208 cm³/mol. The number of carbonyl (C=O) groups is 1. The van der Waals surface area contributed by atoms with E-state index in [0.29, 0.717) is 17.7 Å². The molecule has 0 fully saturated rings. The summed E-state index contributed by atoms with van der Waals surface area (Å²) in [5, 5.41) is 9.64. The molecule has 0 bridgehead atoms. The van der Waals surface area contributed by atoms with Crippen molar-refractivity contribution in [1.29, 1.82) is 0 Å². The zero-order chi connectivity index (χ0) is 35.8. The monoisotopic (exact) mass is 638 g/mol. The molecule has 0 aliphatic rings. The first kappa shape index (κ1) is 42.9. The number of ether oxygens (including phenoxy) is 1. The number of allylic oxidation sites excluding steroid dienone is 2. The lowest BCUT2D eigenvalue weighted by molar-refractivity contribution is 0.105. The number of phenols is 1. The number of phenolic OH excluding ortho intramolecular Hbond substituents is 1. The minimum atomic E-state index is -0.0180. The normalized spacial score (nSPS) is 10.2. The van der Waals surface area contributed by atoms with Crippen molar-refractivity contribution in [1.82, 2.24) is 0 Å². The Morgan fingerprint density at radius 2 is 1.13 bits per heavy atom. The zero-order valence-electron chi connectivity index (χ0n) is 31.5. The van der Waals surface area contributed by atoms with E-state index < -0.39 is 0 Å². The molecule has 0 saturated heterocycles. The van der Waals surface area contributed by atoms with E-state index in [9.17, 15) is 9.90 Å². The molecule has 0 aliphatic heterocycles. The molecule has 47 heavy (non-hydrogen) atoms. The van der Waals surface area contributed by atoms with Gasteiger partial charge in [0.15, 0.2) is 5.78 Å².